The van der Waals surface area contributed by atoms with Crippen LogP contribution in [-0.2, 0) is 4.74 Å². The largest absolute Gasteiger partial charge is 0.372 e. The lowest BCUT2D eigenvalue weighted by molar-refractivity contribution is 0.0954. The highest BCUT2D eigenvalue weighted by Crippen LogP contribution is 2.30. The fourth-order valence-electron chi connectivity index (χ4n) is 3.64. The van der Waals surface area contributed by atoms with Crippen molar-refractivity contribution in [2.45, 2.75) is 37.5 Å². The highest BCUT2D eigenvalue weighted by atomic mass is 32.1. The first-order chi connectivity index (χ1) is 11.4. The quantitative estimate of drug-likeness (QED) is 0.934. The average molecular weight is 329 g/mol. The van der Waals surface area contributed by atoms with Gasteiger partial charge < -0.3 is 15.0 Å². The second-order valence-corrected chi connectivity index (χ2v) is 7.21. The van der Waals surface area contributed by atoms with Crippen molar-refractivity contribution in [2.75, 3.05) is 24.6 Å². The maximum Gasteiger partial charge on any atom is 0.185 e. The number of anilines is 1. The predicted molar refractivity (Wildman–Crippen MR) is 94.0 cm³/mol. The van der Waals surface area contributed by atoms with Crippen molar-refractivity contribution in [3.63, 3.8) is 0 Å². The van der Waals surface area contributed by atoms with Crippen molar-refractivity contribution < 1.29 is 4.74 Å². The lowest BCUT2D eigenvalue weighted by Crippen LogP contribution is -2.47. The zero-order valence-electron chi connectivity index (χ0n) is 13.2. The number of hydrogen-bond acceptors (Lipinski definition) is 5. The molecule has 2 saturated heterocycles. The molecule has 0 aliphatic carbocycles. The topological polar surface area (TPSA) is 37.4 Å². The van der Waals surface area contributed by atoms with E-state index in [4.69, 9.17) is 4.74 Å². The molecule has 2 aliphatic heterocycles. The Morgan fingerprint density at radius 3 is 2.70 bits per heavy atom. The van der Waals surface area contributed by atoms with E-state index in [-0.39, 0.29) is 6.10 Å². The first kappa shape index (κ1) is 15.1. The van der Waals surface area contributed by atoms with Crippen LogP contribution in [0.4, 0.5) is 5.13 Å². The number of aromatic nitrogens is 1. The summed E-state index contributed by atoms with van der Waals surface area (Å²) in [5.41, 5.74) is 1.29. The van der Waals surface area contributed by atoms with Gasteiger partial charge in [0.05, 0.1) is 6.10 Å². The summed E-state index contributed by atoms with van der Waals surface area (Å²) in [4.78, 5) is 6.83. The Bertz CT molecular complexity index is 596. The van der Waals surface area contributed by atoms with Crippen LogP contribution in [0.1, 0.15) is 30.9 Å². The summed E-state index contributed by atoms with van der Waals surface area (Å²) in [5, 5.41) is 7.08. The molecule has 2 atom stereocenters. The third-order valence-electron chi connectivity index (χ3n) is 4.85. The van der Waals surface area contributed by atoms with Crippen LogP contribution in [0.25, 0.3) is 0 Å². The second kappa shape index (κ2) is 6.99. The molecule has 23 heavy (non-hydrogen) atoms. The Labute approximate surface area is 141 Å². The minimum absolute atomic E-state index is 0.202. The maximum absolute atomic E-state index is 5.99. The van der Waals surface area contributed by atoms with Crippen LogP contribution in [0.2, 0.25) is 0 Å². The fourth-order valence-corrected chi connectivity index (χ4v) is 4.34. The first-order valence-electron chi connectivity index (χ1n) is 8.47. The van der Waals surface area contributed by atoms with Crippen LogP contribution >= 0.6 is 11.3 Å². The van der Waals surface area contributed by atoms with E-state index in [0.717, 1.165) is 31.2 Å². The Morgan fingerprint density at radius 2 is 1.96 bits per heavy atom. The second-order valence-electron chi connectivity index (χ2n) is 6.34. The lowest BCUT2D eigenvalue weighted by atomic mass is 9.98. The van der Waals surface area contributed by atoms with Crippen molar-refractivity contribution in [2.24, 2.45) is 0 Å². The van der Waals surface area contributed by atoms with Crippen LogP contribution in [0.5, 0.6) is 0 Å². The molecule has 4 rings (SSSR count). The van der Waals surface area contributed by atoms with Crippen LogP contribution in [0, 0.1) is 0 Å². The van der Waals surface area contributed by atoms with E-state index in [9.17, 15) is 0 Å². The van der Waals surface area contributed by atoms with Gasteiger partial charge in [-0.1, -0.05) is 30.3 Å². The van der Waals surface area contributed by atoms with Gasteiger partial charge in [-0.05, 0) is 24.8 Å². The van der Waals surface area contributed by atoms with Gasteiger partial charge in [0.2, 0.25) is 0 Å². The summed E-state index contributed by atoms with van der Waals surface area (Å²) >= 11 is 1.74. The molecule has 2 fully saturated rings. The first-order valence-corrected chi connectivity index (χ1v) is 9.35. The van der Waals surface area contributed by atoms with Gasteiger partial charge in [0.1, 0.15) is 0 Å². The normalized spacial score (nSPS) is 25.8. The number of hydrogen-bond donors (Lipinski definition) is 1. The number of benzene rings is 1. The summed E-state index contributed by atoms with van der Waals surface area (Å²) in [6.07, 6.45) is 5.56. The number of nitrogens with one attached hydrogen (secondary N) is 1. The fraction of sp³-hybridized carbons (Fsp3) is 0.500. The predicted octanol–water partition coefficient (Wildman–Crippen LogP) is 3.23. The summed E-state index contributed by atoms with van der Waals surface area (Å²) < 4.78 is 5.99. The summed E-state index contributed by atoms with van der Waals surface area (Å²) in [6.45, 7) is 3.04. The molecule has 2 aromatic rings. The van der Waals surface area contributed by atoms with E-state index in [0.29, 0.717) is 12.1 Å². The van der Waals surface area contributed by atoms with Gasteiger partial charge in [0, 0.05) is 43.4 Å². The summed E-state index contributed by atoms with van der Waals surface area (Å²) in [5.74, 6) is 0. The molecular weight excluding hydrogens is 306 g/mol. The number of thiazole rings is 1. The number of rotatable bonds is 4. The van der Waals surface area contributed by atoms with Gasteiger partial charge in [-0.15, -0.1) is 11.3 Å². The van der Waals surface area contributed by atoms with E-state index in [1.165, 1.54) is 18.4 Å². The van der Waals surface area contributed by atoms with Gasteiger partial charge in [0.15, 0.2) is 5.13 Å². The third-order valence-corrected chi connectivity index (χ3v) is 5.69. The molecule has 1 aromatic carbocycles. The molecule has 1 aromatic heterocycles. The molecule has 0 bridgehead atoms. The highest BCUT2D eigenvalue weighted by molar-refractivity contribution is 7.13. The molecule has 0 saturated carbocycles. The number of ether oxygens (including phenoxy) is 1. The Morgan fingerprint density at radius 1 is 1.13 bits per heavy atom. The van der Waals surface area contributed by atoms with Gasteiger partial charge in [-0.25, -0.2) is 4.98 Å². The molecule has 0 unspecified atom stereocenters. The van der Waals surface area contributed by atoms with Crippen LogP contribution in [0.3, 0.4) is 0 Å². The van der Waals surface area contributed by atoms with Crippen LogP contribution in [-0.4, -0.2) is 36.8 Å². The number of piperidine rings is 1. The van der Waals surface area contributed by atoms with Crippen LogP contribution in [0.15, 0.2) is 41.9 Å². The highest BCUT2D eigenvalue weighted by Gasteiger charge is 2.32. The summed E-state index contributed by atoms with van der Waals surface area (Å²) in [7, 11) is 0. The molecule has 0 spiro atoms. The average Bonchev–Trinajstić information content (AvgIpc) is 3.28. The zero-order valence-corrected chi connectivity index (χ0v) is 14.0. The van der Waals surface area contributed by atoms with E-state index < -0.39 is 0 Å². The van der Waals surface area contributed by atoms with E-state index in [2.05, 4.69) is 50.9 Å². The maximum atomic E-state index is 5.99. The van der Waals surface area contributed by atoms with E-state index in [1.54, 1.807) is 11.3 Å². The monoisotopic (exact) mass is 329 g/mol. The van der Waals surface area contributed by atoms with Crippen molar-refractivity contribution >= 4 is 16.5 Å². The van der Waals surface area contributed by atoms with Crippen molar-refractivity contribution in [3.05, 3.63) is 47.5 Å². The van der Waals surface area contributed by atoms with E-state index in [1.807, 2.05) is 6.20 Å². The number of nitrogens with zero attached hydrogens (tertiary/aromatic N) is 2. The van der Waals surface area contributed by atoms with Crippen molar-refractivity contribution in [3.8, 4) is 0 Å². The molecule has 1 N–H and O–H groups in total. The minimum Gasteiger partial charge on any atom is -0.372 e. The standard InChI is InChI=1S/C18H23N3OS/c1-2-4-14(5-3-1)17-16(8-12-22-17)20-15-6-10-21(11-7-15)18-19-9-13-23-18/h1-5,9,13,15-17,20H,6-8,10-12H2/t16-,17+/m0/s1. The Hall–Kier alpha value is -1.43. The minimum atomic E-state index is 0.202. The molecule has 3 heterocycles. The van der Waals surface area contributed by atoms with Crippen molar-refractivity contribution in [1.82, 2.24) is 10.3 Å². The molecule has 4 nitrogen and oxygen atoms in total. The molecule has 2 aliphatic rings. The smallest absolute Gasteiger partial charge is 0.185 e. The molecular formula is C18H23N3OS. The van der Waals surface area contributed by atoms with Crippen LogP contribution < -0.4 is 10.2 Å². The molecule has 0 amide bonds. The Balaban J connectivity index is 1.34. The van der Waals surface area contributed by atoms with Gasteiger partial charge >= 0.3 is 0 Å². The molecule has 0 radical (unpaired) electrons. The SMILES string of the molecule is c1ccc([C@H]2OCC[C@@H]2NC2CCN(c3nccs3)CC2)cc1. The van der Waals surface area contributed by atoms with Gasteiger partial charge in [-0.3, -0.25) is 0 Å². The summed E-state index contributed by atoms with van der Waals surface area (Å²) in [6, 6.07) is 11.6. The van der Waals surface area contributed by atoms with Gasteiger partial charge in [-0.2, -0.15) is 0 Å². The van der Waals surface area contributed by atoms with Crippen molar-refractivity contribution in [1.29, 1.82) is 0 Å². The Kier molecular flexibility index (Phi) is 4.60. The molecule has 5 heteroatoms. The van der Waals surface area contributed by atoms with E-state index >= 15 is 0 Å². The molecule has 122 valence electrons. The third kappa shape index (κ3) is 3.42. The van der Waals surface area contributed by atoms with Gasteiger partial charge in [0.25, 0.3) is 0 Å². The zero-order chi connectivity index (χ0) is 15.5. The lowest BCUT2D eigenvalue weighted by Gasteiger charge is -2.34.